The van der Waals surface area contributed by atoms with Gasteiger partial charge in [0.1, 0.15) is 5.79 Å². The first-order valence-corrected chi connectivity index (χ1v) is 2.53. The summed E-state index contributed by atoms with van der Waals surface area (Å²) in [7, 11) is 0. The van der Waals surface area contributed by atoms with Crippen LogP contribution in [0.1, 0.15) is 13.3 Å². The minimum absolute atomic E-state index is 0.664. The lowest BCUT2D eigenvalue weighted by Crippen LogP contribution is -2.59. The fourth-order valence-corrected chi connectivity index (χ4v) is 0.306. The lowest BCUT2D eigenvalue weighted by Gasteiger charge is -2.19. The summed E-state index contributed by atoms with van der Waals surface area (Å²) in [5, 5.41) is 0. The smallest absolute Gasteiger partial charge is 0.138 e. The summed E-state index contributed by atoms with van der Waals surface area (Å²) in [6, 6.07) is 0. The van der Waals surface area contributed by atoms with Crippen LogP contribution < -0.4 is 17.2 Å². The maximum Gasteiger partial charge on any atom is 0.138 e. The average molecular weight is 115 g/mol. The SMILES string of the molecule is C=C(CC)C(N)(N)N. The molecule has 0 aromatic carbocycles. The van der Waals surface area contributed by atoms with Crippen molar-refractivity contribution in [2.45, 2.75) is 19.1 Å². The van der Waals surface area contributed by atoms with Gasteiger partial charge in [-0.3, -0.25) is 17.2 Å². The molecular formula is C5H13N3. The van der Waals surface area contributed by atoms with Crippen molar-refractivity contribution in [1.29, 1.82) is 0 Å². The highest BCUT2D eigenvalue weighted by atomic mass is 15.1. The zero-order chi connectivity index (χ0) is 6.78. The van der Waals surface area contributed by atoms with Gasteiger partial charge in [0.2, 0.25) is 0 Å². The van der Waals surface area contributed by atoms with Gasteiger partial charge in [0.25, 0.3) is 0 Å². The molecular weight excluding hydrogens is 102 g/mol. The van der Waals surface area contributed by atoms with E-state index in [9.17, 15) is 0 Å². The van der Waals surface area contributed by atoms with Gasteiger partial charge < -0.3 is 0 Å². The third-order valence-corrected chi connectivity index (χ3v) is 1.04. The van der Waals surface area contributed by atoms with Gasteiger partial charge in [-0.05, 0) is 12.0 Å². The van der Waals surface area contributed by atoms with E-state index in [1.54, 1.807) is 0 Å². The van der Waals surface area contributed by atoms with Gasteiger partial charge in [0, 0.05) is 0 Å². The number of nitrogens with two attached hydrogens (primary N) is 3. The first-order valence-electron chi connectivity index (χ1n) is 2.53. The van der Waals surface area contributed by atoms with E-state index in [4.69, 9.17) is 17.2 Å². The van der Waals surface area contributed by atoms with Crippen LogP contribution in [-0.4, -0.2) is 5.79 Å². The quantitative estimate of drug-likeness (QED) is 0.335. The monoisotopic (exact) mass is 115 g/mol. The zero-order valence-electron chi connectivity index (χ0n) is 5.15. The minimum Gasteiger partial charge on any atom is -0.298 e. The molecule has 0 heterocycles. The number of rotatable bonds is 2. The van der Waals surface area contributed by atoms with Crippen LogP contribution in [0, 0.1) is 0 Å². The Morgan fingerprint density at radius 3 is 1.88 bits per heavy atom. The van der Waals surface area contributed by atoms with E-state index in [1.165, 1.54) is 0 Å². The van der Waals surface area contributed by atoms with Crippen LogP contribution in [0.2, 0.25) is 0 Å². The van der Waals surface area contributed by atoms with Crippen molar-refractivity contribution >= 4 is 0 Å². The first kappa shape index (κ1) is 7.62. The Morgan fingerprint density at radius 2 is 1.88 bits per heavy atom. The van der Waals surface area contributed by atoms with E-state index in [1.807, 2.05) is 6.92 Å². The topological polar surface area (TPSA) is 78.1 Å². The maximum atomic E-state index is 5.25. The third kappa shape index (κ3) is 2.07. The fourth-order valence-electron chi connectivity index (χ4n) is 0.306. The third-order valence-electron chi connectivity index (χ3n) is 1.04. The molecule has 0 aromatic heterocycles. The molecule has 0 aromatic rings. The second kappa shape index (κ2) is 2.26. The summed E-state index contributed by atoms with van der Waals surface area (Å²) in [4.78, 5) is 0. The molecule has 0 spiro atoms. The predicted molar refractivity (Wildman–Crippen MR) is 34.7 cm³/mol. The van der Waals surface area contributed by atoms with E-state index in [0.29, 0.717) is 5.57 Å². The highest BCUT2D eigenvalue weighted by molar-refractivity contribution is 5.08. The molecule has 6 N–H and O–H groups in total. The second-order valence-electron chi connectivity index (χ2n) is 1.89. The number of hydrogen-bond donors (Lipinski definition) is 3. The Bertz CT molecular complexity index is 90.3. The van der Waals surface area contributed by atoms with Crippen LogP contribution in [0.5, 0.6) is 0 Å². The largest absolute Gasteiger partial charge is 0.298 e. The molecule has 0 aliphatic carbocycles. The van der Waals surface area contributed by atoms with E-state index in [2.05, 4.69) is 6.58 Å². The predicted octanol–water partition coefficient (Wildman–Crippen LogP) is -0.517. The Labute approximate surface area is 49.5 Å². The molecule has 0 rings (SSSR count). The lowest BCUT2D eigenvalue weighted by atomic mass is 10.1. The fraction of sp³-hybridized carbons (Fsp3) is 0.600. The summed E-state index contributed by atoms with van der Waals surface area (Å²) in [5.74, 6) is -1.19. The van der Waals surface area contributed by atoms with E-state index < -0.39 is 5.79 Å². The molecule has 0 saturated heterocycles. The van der Waals surface area contributed by atoms with Crippen LogP contribution in [0.15, 0.2) is 12.2 Å². The van der Waals surface area contributed by atoms with Gasteiger partial charge >= 0.3 is 0 Å². The highest BCUT2D eigenvalue weighted by Crippen LogP contribution is 2.01. The van der Waals surface area contributed by atoms with Gasteiger partial charge in [-0.1, -0.05) is 13.5 Å². The van der Waals surface area contributed by atoms with Gasteiger partial charge in [-0.2, -0.15) is 0 Å². The van der Waals surface area contributed by atoms with Crippen molar-refractivity contribution in [2.24, 2.45) is 17.2 Å². The van der Waals surface area contributed by atoms with E-state index in [0.717, 1.165) is 6.42 Å². The molecule has 0 aliphatic heterocycles. The highest BCUT2D eigenvalue weighted by Gasteiger charge is 2.13. The molecule has 0 fully saturated rings. The van der Waals surface area contributed by atoms with Crippen LogP contribution in [0.25, 0.3) is 0 Å². The van der Waals surface area contributed by atoms with E-state index >= 15 is 0 Å². The van der Waals surface area contributed by atoms with Gasteiger partial charge in [-0.25, -0.2) is 0 Å². The first-order chi connectivity index (χ1) is 3.48. The van der Waals surface area contributed by atoms with Crippen LogP contribution in [0.3, 0.4) is 0 Å². The van der Waals surface area contributed by atoms with Crippen LogP contribution in [-0.2, 0) is 0 Å². The molecule has 48 valence electrons. The van der Waals surface area contributed by atoms with Gasteiger partial charge in [0.05, 0.1) is 0 Å². The Hall–Kier alpha value is -0.380. The molecule has 0 atom stereocenters. The number of hydrogen-bond acceptors (Lipinski definition) is 3. The normalized spacial score (nSPS) is 11.5. The van der Waals surface area contributed by atoms with Crippen molar-refractivity contribution in [1.82, 2.24) is 0 Å². The van der Waals surface area contributed by atoms with E-state index in [-0.39, 0.29) is 0 Å². The molecule has 0 amide bonds. The Kier molecular flexibility index (Phi) is 2.15. The average Bonchev–Trinajstić information content (AvgIpc) is 1.62. The minimum atomic E-state index is -1.19. The Morgan fingerprint density at radius 1 is 1.50 bits per heavy atom. The van der Waals surface area contributed by atoms with Crippen molar-refractivity contribution in [3.05, 3.63) is 12.2 Å². The van der Waals surface area contributed by atoms with Gasteiger partial charge in [-0.15, -0.1) is 0 Å². The van der Waals surface area contributed by atoms with Crippen molar-refractivity contribution in [3.63, 3.8) is 0 Å². The molecule has 3 heteroatoms. The summed E-state index contributed by atoms with van der Waals surface area (Å²) in [5.41, 5.74) is 16.4. The Balaban J connectivity index is 3.82. The molecule has 0 aliphatic rings. The molecule has 0 unspecified atom stereocenters. The summed E-state index contributed by atoms with van der Waals surface area (Å²) < 4.78 is 0. The summed E-state index contributed by atoms with van der Waals surface area (Å²) >= 11 is 0. The van der Waals surface area contributed by atoms with Gasteiger partial charge in [0.15, 0.2) is 0 Å². The molecule has 0 bridgehead atoms. The zero-order valence-corrected chi connectivity index (χ0v) is 5.15. The standard InChI is InChI=1S/C5H13N3/c1-3-4(2)5(6,7)8/h2-3,6-8H2,1H3. The van der Waals surface area contributed by atoms with Crippen molar-refractivity contribution in [2.75, 3.05) is 0 Å². The van der Waals surface area contributed by atoms with Crippen molar-refractivity contribution < 1.29 is 0 Å². The summed E-state index contributed by atoms with van der Waals surface area (Å²) in [6.07, 6.45) is 0.726. The second-order valence-corrected chi connectivity index (χ2v) is 1.89. The van der Waals surface area contributed by atoms with Crippen LogP contribution in [0.4, 0.5) is 0 Å². The molecule has 8 heavy (non-hydrogen) atoms. The summed E-state index contributed by atoms with van der Waals surface area (Å²) in [6.45, 7) is 5.48. The molecule has 0 saturated carbocycles. The van der Waals surface area contributed by atoms with Crippen molar-refractivity contribution in [3.8, 4) is 0 Å². The lowest BCUT2D eigenvalue weighted by molar-refractivity contribution is 0.532. The maximum absolute atomic E-state index is 5.25. The molecule has 3 nitrogen and oxygen atoms in total. The molecule has 0 radical (unpaired) electrons. The van der Waals surface area contributed by atoms with Crippen LogP contribution >= 0.6 is 0 Å².